The maximum atomic E-state index is 12.7. The van der Waals surface area contributed by atoms with E-state index in [2.05, 4.69) is 10.3 Å². The molecule has 1 aromatic heterocycles. The fourth-order valence-electron chi connectivity index (χ4n) is 3.80. The zero-order valence-corrected chi connectivity index (χ0v) is 13.2. The number of hydrogen-bond donors (Lipinski definition) is 2. The summed E-state index contributed by atoms with van der Waals surface area (Å²) in [5.74, 6) is 0.105. The van der Waals surface area contributed by atoms with Crippen molar-refractivity contribution in [2.24, 2.45) is 5.41 Å². The van der Waals surface area contributed by atoms with Gasteiger partial charge in [0.15, 0.2) is 0 Å². The van der Waals surface area contributed by atoms with Crippen LogP contribution in [0.1, 0.15) is 29.8 Å². The molecule has 1 spiro atoms. The van der Waals surface area contributed by atoms with Crippen molar-refractivity contribution in [2.75, 3.05) is 26.2 Å². The van der Waals surface area contributed by atoms with Crippen LogP contribution in [-0.4, -0.2) is 42.0 Å². The van der Waals surface area contributed by atoms with E-state index in [9.17, 15) is 4.79 Å². The van der Waals surface area contributed by atoms with Gasteiger partial charge in [0.1, 0.15) is 5.69 Å². The normalized spacial score (nSPS) is 20.9. The first-order valence-electron chi connectivity index (χ1n) is 7.94. The first-order valence-corrected chi connectivity index (χ1v) is 8.31. The van der Waals surface area contributed by atoms with Gasteiger partial charge in [-0.25, -0.2) is 0 Å². The van der Waals surface area contributed by atoms with Crippen LogP contribution in [0.3, 0.4) is 0 Å². The number of H-pyrrole nitrogens is 1. The van der Waals surface area contributed by atoms with Crippen LogP contribution in [0.5, 0.6) is 0 Å². The van der Waals surface area contributed by atoms with Crippen molar-refractivity contribution in [1.29, 1.82) is 0 Å². The lowest BCUT2D eigenvalue weighted by Gasteiger charge is -2.38. The standard InChI is InChI=1S/C17H20ClN3O/c18-13-1-2-14-12(9-13)10-15(20-14)16(22)21-7-4-17(5-8-21)3-6-19-11-17/h1-2,9-10,19-20H,3-8,11H2. The molecule has 2 N–H and O–H groups in total. The van der Waals surface area contributed by atoms with Gasteiger partial charge >= 0.3 is 0 Å². The van der Waals surface area contributed by atoms with Crippen molar-refractivity contribution >= 4 is 28.4 Å². The minimum atomic E-state index is 0.105. The Morgan fingerprint density at radius 2 is 2.00 bits per heavy atom. The molecule has 0 aliphatic carbocycles. The molecule has 2 aliphatic rings. The molecule has 22 heavy (non-hydrogen) atoms. The number of rotatable bonds is 1. The van der Waals surface area contributed by atoms with Gasteiger partial charge in [0.2, 0.25) is 0 Å². The monoisotopic (exact) mass is 317 g/mol. The summed E-state index contributed by atoms with van der Waals surface area (Å²) in [5, 5.41) is 5.14. The number of likely N-dealkylation sites (tertiary alicyclic amines) is 1. The van der Waals surface area contributed by atoms with Gasteiger partial charge in [-0.2, -0.15) is 0 Å². The van der Waals surface area contributed by atoms with E-state index in [4.69, 9.17) is 11.6 Å². The van der Waals surface area contributed by atoms with Crippen LogP contribution in [0, 0.1) is 5.41 Å². The molecule has 2 fully saturated rings. The van der Waals surface area contributed by atoms with Crippen LogP contribution in [0.15, 0.2) is 24.3 Å². The van der Waals surface area contributed by atoms with E-state index in [1.807, 2.05) is 29.2 Å². The highest BCUT2D eigenvalue weighted by molar-refractivity contribution is 6.31. The Balaban J connectivity index is 1.51. The van der Waals surface area contributed by atoms with Crippen molar-refractivity contribution in [3.05, 3.63) is 35.0 Å². The van der Waals surface area contributed by atoms with Crippen molar-refractivity contribution < 1.29 is 4.79 Å². The second-order valence-corrected chi connectivity index (χ2v) is 7.07. The fourth-order valence-corrected chi connectivity index (χ4v) is 3.98. The average Bonchev–Trinajstić information content (AvgIpc) is 3.14. The number of aromatic amines is 1. The summed E-state index contributed by atoms with van der Waals surface area (Å²) in [6, 6.07) is 7.56. The third-order valence-electron chi connectivity index (χ3n) is 5.26. The number of nitrogens with zero attached hydrogens (tertiary/aromatic N) is 1. The molecular formula is C17H20ClN3O. The number of benzene rings is 1. The van der Waals surface area contributed by atoms with E-state index < -0.39 is 0 Å². The average molecular weight is 318 g/mol. The molecule has 0 unspecified atom stereocenters. The number of carbonyl (C=O) groups excluding carboxylic acids is 1. The van der Waals surface area contributed by atoms with Crippen LogP contribution in [0.4, 0.5) is 0 Å². The zero-order chi connectivity index (χ0) is 15.2. The third kappa shape index (κ3) is 2.40. The van der Waals surface area contributed by atoms with E-state index >= 15 is 0 Å². The number of piperidine rings is 1. The molecule has 0 bridgehead atoms. The van der Waals surface area contributed by atoms with E-state index in [-0.39, 0.29) is 5.91 Å². The molecular weight excluding hydrogens is 298 g/mol. The number of amides is 1. The topological polar surface area (TPSA) is 48.1 Å². The van der Waals surface area contributed by atoms with Crippen molar-refractivity contribution in [3.8, 4) is 0 Å². The Morgan fingerprint density at radius 3 is 2.73 bits per heavy atom. The van der Waals surface area contributed by atoms with Gasteiger partial charge in [0.05, 0.1) is 0 Å². The molecule has 2 saturated heterocycles. The molecule has 4 rings (SSSR count). The van der Waals surface area contributed by atoms with Crippen LogP contribution < -0.4 is 5.32 Å². The second kappa shape index (κ2) is 5.28. The van der Waals surface area contributed by atoms with Crippen molar-refractivity contribution in [3.63, 3.8) is 0 Å². The molecule has 2 aliphatic heterocycles. The van der Waals surface area contributed by atoms with Gasteiger partial charge in [-0.05, 0) is 55.5 Å². The maximum Gasteiger partial charge on any atom is 0.270 e. The smallest absolute Gasteiger partial charge is 0.270 e. The van der Waals surface area contributed by atoms with Crippen molar-refractivity contribution in [1.82, 2.24) is 15.2 Å². The zero-order valence-electron chi connectivity index (χ0n) is 12.5. The first-order chi connectivity index (χ1) is 10.7. The summed E-state index contributed by atoms with van der Waals surface area (Å²) in [5.41, 5.74) is 2.06. The van der Waals surface area contributed by atoms with E-state index in [1.54, 1.807) is 0 Å². The largest absolute Gasteiger partial charge is 0.351 e. The lowest BCUT2D eigenvalue weighted by Crippen LogP contribution is -2.44. The van der Waals surface area contributed by atoms with Gasteiger partial charge in [-0.1, -0.05) is 11.6 Å². The van der Waals surface area contributed by atoms with E-state index in [0.29, 0.717) is 16.1 Å². The summed E-state index contributed by atoms with van der Waals surface area (Å²) in [6.45, 7) is 3.95. The van der Waals surface area contributed by atoms with Gasteiger partial charge in [-0.15, -0.1) is 0 Å². The van der Waals surface area contributed by atoms with Crippen LogP contribution >= 0.6 is 11.6 Å². The lowest BCUT2D eigenvalue weighted by atomic mass is 9.78. The predicted octanol–water partition coefficient (Wildman–Crippen LogP) is 3.04. The lowest BCUT2D eigenvalue weighted by molar-refractivity contribution is 0.0603. The Morgan fingerprint density at radius 1 is 1.18 bits per heavy atom. The van der Waals surface area contributed by atoms with Gasteiger partial charge in [-0.3, -0.25) is 4.79 Å². The second-order valence-electron chi connectivity index (χ2n) is 6.63. The Labute approximate surface area is 134 Å². The van der Waals surface area contributed by atoms with Crippen LogP contribution in [0.2, 0.25) is 5.02 Å². The quantitative estimate of drug-likeness (QED) is 0.849. The Hall–Kier alpha value is -1.52. The van der Waals surface area contributed by atoms with Gasteiger partial charge < -0.3 is 15.2 Å². The molecule has 3 heterocycles. The summed E-state index contributed by atoms with van der Waals surface area (Å²) in [6.07, 6.45) is 3.47. The summed E-state index contributed by atoms with van der Waals surface area (Å²) in [7, 11) is 0. The maximum absolute atomic E-state index is 12.7. The van der Waals surface area contributed by atoms with Crippen LogP contribution in [-0.2, 0) is 0 Å². The highest BCUT2D eigenvalue weighted by atomic mass is 35.5. The van der Waals surface area contributed by atoms with Crippen molar-refractivity contribution in [2.45, 2.75) is 19.3 Å². The summed E-state index contributed by atoms with van der Waals surface area (Å²) < 4.78 is 0. The summed E-state index contributed by atoms with van der Waals surface area (Å²) in [4.78, 5) is 17.9. The van der Waals surface area contributed by atoms with Crippen LogP contribution in [0.25, 0.3) is 10.9 Å². The molecule has 0 saturated carbocycles. The number of aromatic nitrogens is 1. The fraction of sp³-hybridized carbons (Fsp3) is 0.471. The minimum absolute atomic E-state index is 0.105. The Kier molecular flexibility index (Phi) is 3.39. The number of halogens is 1. The third-order valence-corrected chi connectivity index (χ3v) is 5.49. The molecule has 1 amide bonds. The molecule has 1 aromatic carbocycles. The number of fused-ring (bicyclic) bond motifs is 1. The molecule has 116 valence electrons. The number of nitrogens with one attached hydrogen (secondary N) is 2. The summed E-state index contributed by atoms with van der Waals surface area (Å²) >= 11 is 6.01. The predicted molar refractivity (Wildman–Crippen MR) is 88.4 cm³/mol. The molecule has 0 atom stereocenters. The van der Waals surface area contributed by atoms with E-state index in [0.717, 1.165) is 49.9 Å². The highest BCUT2D eigenvalue weighted by Crippen LogP contribution is 2.37. The van der Waals surface area contributed by atoms with E-state index in [1.165, 1.54) is 6.42 Å². The number of carbonyl (C=O) groups is 1. The molecule has 5 heteroatoms. The molecule has 2 aromatic rings. The first kappa shape index (κ1) is 14.1. The van der Waals surface area contributed by atoms with Gasteiger partial charge in [0.25, 0.3) is 5.91 Å². The highest BCUT2D eigenvalue weighted by Gasteiger charge is 2.38. The Bertz CT molecular complexity index is 708. The minimum Gasteiger partial charge on any atom is -0.351 e. The molecule has 4 nitrogen and oxygen atoms in total. The number of hydrogen-bond acceptors (Lipinski definition) is 2. The van der Waals surface area contributed by atoms with Gasteiger partial charge in [0, 0.05) is 35.6 Å². The molecule has 0 radical (unpaired) electrons. The SMILES string of the molecule is O=C(c1cc2cc(Cl)ccc2[nH]1)N1CCC2(CCNC2)CC1.